The maximum atomic E-state index is 12.0. The van der Waals surface area contributed by atoms with Crippen molar-refractivity contribution in [3.63, 3.8) is 0 Å². The molecule has 0 fully saturated rings. The van der Waals surface area contributed by atoms with Gasteiger partial charge in [-0.2, -0.15) is 0 Å². The van der Waals surface area contributed by atoms with Gasteiger partial charge in [-0.15, -0.1) is 0 Å². The molecular weight excluding hydrogens is 284 g/mol. The van der Waals surface area contributed by atoms with Crippen LogP contribution < -0.4 is 5.32 Å². The second kappa shape index (κ2) is 5.98. The molecule has 0 spiro atoms. The number of esters is 1. The Kier molecular flexibility index (Phi) is 4.44. The third kappa shape index (κ3) is 3.23. The van der Waals surface area contributed by atoms with Crippen molar-refractivity contribution < 1.29 is 19.7 Å². The number of para-hydroxylation sites is 1. The van der Waals surface area contributed by atoms with Gasteiger partial charge in [-0.1, -0.05) is 12.1 Å². The Morgan fingerprint density at radius 3 is 2.68 bits per heavy atom. The Balaban J connectivity index is 2.49. The van der Waals surface area contributed by atoms with Crippen molar-refractivity contribution in [3.05, 3.63) is 29.5 Å². The fourth-order valence-electron chi connectivity index (χ4n) is 2.34. The van der Waals surface area contributed by atoms with Crippen molar-refractivity contribution in [2.75, 3.05) is 13.7 Å². The molecule has 1 aromatic carbocycles. The Labute approximate surface area is 129 Å². The highest BCUT2D eigenvalue weighted by molar-refractivity contribution is 6.00. The Bertz CT molecular complexity index is 685. The van der Waals surface area contributed by atoms with Crippen LogP contribution in [0.3, 0.4) is 0 Å². The number of aromatic hydroxyl groups is 1. The summed E-state index contributed by atoms with van der Waals surface area (Å²) in [5.74, 6) is -0.565. The van der Waals surface area contributed by atoms with Crippen molar-refractivity contribution in [2.45, 2.75) is 32.4 Å². The zero-order chi connectivity index (χ0) is 16.5. The summed E-state index contributed by atoms with van der Waals surface area (Å²) in [6.45, 7) is 6.24. The van der Waals surface area contributed by atoms with Crippen LogP contribution in [-0.4, -0.2) is 40.4 Å². The third-order valence-electron chi connectivity index (χ3n) is 3.40. The van der Waals surface area contributed by atoms with E-state index in [1.165, 1.54) is 13.2 Å². The van der Waals surface area contributed by atoms with Crippen LogP contribution in [0.5, 0.6) is 5.75 Å². The molecular formula is C16H22N2O4. The molecule has 6 nitrogen and oxygen atoms in total. The van der Waals surface area contributed by atoms with Crippen LogP contribution in [0.4, 0.5) is 0 Å². The van der Waals surface area contributed by atoms with E-state index >= 15 is 0 Å². The zero-order valence-corrected chi connectivity index (χ0v) is 13.2. The SMILES string of the molecule is COC(=O)c1[nH]c2c(O)cccc2c1C(O)CNC(C)(C)C. The highest BCUT2D eigenvalue weighted by Crippen LogP contribution is 2.33. The zero-order valence-electron chi connectivity index (χ0n) is 13.2. The van der Waals surface area contributed by atoms with E-state index in [2.05, 4.69) is 10.3 Å². The van der Waals surface area contributed by atoms with Crippen LogP contribution in [-0.2, 0) is 4.74 Å². The van der Waals surface area contributed by atoms with Crippen molar-refractivity contribution in [1.82, 2.24) is 10.3 Å². The molecule has 4 N–H and O–H groups in total. The Morgan fingerprint density at radius 1 is 1.41 bits per heavy atom. The lowest BCUT2D eigenvalue weighted by Crippen LogP contribution is -2.38. The number of carbonyl (C=O) groups excluding carboxylic acids is 1. The van der Waals surface area contributed by atoms with Gasteiger partial charge in [0.15, 0.2) is 0 Å². The molecule has 0 radical (unpaired) electrons. The molecule has 0 saturated heterocycles. The number of aromatic nitrogens is 1. The first-order chi connectivity index (χ1) is 10.2. The Hall–Kier alpha value is -2.05. The third-order valence-corrected chi connectivity index (χ3v) is 3.40. The summed E-state index contributed by atoms with van der Waals surface area (Å²) in [4.78, 5) is 14.8. The molecule has 0 aliphatic rings. The predicted molar refractivity (Wildman–Crippen MR) is 84.0 cm³/mol. The summed E-state index contributed by atoms with van der Waals surface area (Å²) in [5.41, 5.74) is 0.824. The molecule has 120 valence electrons. The number of H-pyrrole nitrogens is 1. The first-order valence-electron chi connectivity index (χ1n) is 7.09. The molecule has 1 unspecified atom stereocenters. The number of nitrogens with one attached hydrogen (secondary N) is 2. The maximum absolute atomic E-state index is 12.0. The van der Waals surface area contributed by atoms with Gasteiger partial charge in [0.05, 0.1) is 18.7 Å². The number of ether oxygens (including phenoxy) is 1. The number of phenols is 1. The summed E-state index contributed by atoms with van der Waals surface area (Å²) >= 11 is 0. The molecule has 1 atom stereocenters. The number of phenolic OH excluding ortho intramolecular Hbond substituents is 1. The fourth-order valence-corrected chi connectivity index (χ4v) is 2.34. The van der Waals surface area contributed by atoms with Crippen LogP contribution in [0.1, 0.15) is 42.9 Å². The minimum absolute atomic E-state index is 0.0184. The number of benzene rings is 1. The monoisotopic (exact) mass is 306 g/mol. The van der Waals surface area contributed by atoms with Gasteiger partial charge in [-0.3, -0.25) is 0 Å². The van der Waals surface area contributed by atoms with Crippen molar-refractivity contribution in [3.8, 4) is 5.75 Å². The molecule has 2 aromatic rings. The van der Waals surface area contributed by atoms with Gasteiger partial charge in [0.1, 0.15) is 11.4 Å². The molecule has 0 aliphatic heterocycles. The van der Waals surface area contributed by atoms with Crippen LogP contribution in [0.15, 0.2) is 18.2 Å². The standard InChI is InChI=1S/C16H22N2O4/c1-16(2,3)17-8-11(20)12-9-6-5-7-10(19)13(9)18-14(12)15(21)22-4/h5-7,11,17-20H,8H2,1-4H3. The normalized spacial score (nSPS) is 13.3. The minimum atomic E-state index is -0.913. The highest BCUT2D eigenvalue weighted by Gasteiger charge is 2.25. The topological polar surface area (TPSA) is 94.6 Å². The number of hydrogen-bond donors (Lipinski definition) is 4. The summed E-state index contributed by atoms with van der Waals surface area (Å²) < 4.78 is 4.76. The number of aromatic amines is 1. The molecule has 1 aromatic heterocycles. The van der Waals surface area contributed by atoms with E-state index in [0.29, 0.717) is 16.5 Å². The lowest BCUT2D eigenvalue weighted by atomic mass is 10.0. The molecule has 0 bridgehead atoms. The van der Waals surface area contributed by atoms with Gasteiger partial charge in [0, 0.05) is 23.0 Å². The van der Waals surface area contributed by atoms with Gasteiger partial charge < -0.3 is 25.3 Å². The highest BCUT2D eigenvalue weighted by atomic mass is 16.5. The lowest BCUT2D eigenvalue weighted by molar-refractivity contribution is 0.0587. The lowest BCUT2D eigenvalue weighted by Gasteiger charge is -2.23. The average molecular weight is 306 g/mol. The van der Waals surface area contributed by atoms with E-state index < -0.39 is 12.1 Å². The number of fused-ring (bicyclic) bond motifs is 1. The minimum Gasteiger partial charge on any atom is -0.506 e. The van der Waals surface area contributed by atoms with E-state index in [1.54, 1.807) is 12.1 Å². The molecule has 0 saturated carbocycles. The molecule has 1 heterocycles. The smallest absolute Gasteiger partial charge is 0.354 e. The number of hydrogen-bond acceptors (Lipinski definition) is 5. The van der Waals surface area contributed by atoms with Gasteiger partial charge in [0.25, 0.3) is 0 Å². The molecule has 0 aliphatic carbocycles. The van der Waals surface area contributed by atoms with Crippen LogP contribution in [0, 0.1) is 0 Å². The van der Waals surface area contributed by atoms with E-state index in [0.717, 1.165) is 0 Å². The van der Waals surface area contributed by atoms with Crippen molar-refractivity contribution >= 4 is 16.9 Å². The first-order valence-corrected chi connectivity index (χ1v) is 7.09. The molecule has 6 heteroatoms. The van der Waals surface area contributed by atoms with E-state index in [-0.39, 0.29) is 23.5 Å². The van der Waals surface area contributed by atoms with Crippen molar-refractivity contribution in [1.29, 1.82) is 0 Å². The van der Waals surface area contributed by atoms with Crippen LogP contribution in [0.25, 0.3) is 10.9 Å². The summed E-state index contributed by atoms with van der Waals surface area (Å²) in [6.07, 6.45) is -0.913. The summed E-state index contributed by atoms with van der Waals surface area (Å²) in [7, 11) is 1.28. The number of methoxy groups -OCH3 is 1. The number of rotatable bonds is 4. The van der Waals surface area contributed by atoms with E-state index in [1.807, 2.05) is 20.8 Å². The van der Waals surface area contributed by atoms with Gasteiger partial charge in [-0.05, 0) is 26.8 Å². The second-order valence-corrected chi connectivity index (χ2v) is 6.25. The second-order valence-electron chi connectivity index (χ2n) is 6.25. The fraction of sp³-hybridized carbons (Fsp3) is 0.438. The Morgan fingerprint density at radius 2 is 2.09 bits per heavy atom. The summed E-state index contributed by atoms with van der Waals surface area (Å²) in [5, 5.41) is 24.2. The predicted octanol–water partition coefficient (Wildman–Crippen LogP) is 2.08. The quantitative estimate of drug-likeness (QED) is 0.649. The maximum Gasteiger partial charge on any atom is 0.354 e. The molecule has 22 heavy (non-hydrogen) atoms. The summed E-state index contributed by atoms with van der Waals surface area (Å²) in [6, 6.07) is 4.93. The number of carbonyl (C=O) groups is 1. The van der Waals surface area contributed by atoms with Gasteiger partial charge >= 0.3 is 5.97 Å². The largest absolute Gasteiger partial charge is 0.506 e. The van der Waals surface area contributed by atoms with Crippen LogP contribution in [0.2, 0.25) is 0 Å². The number of aliphatic hydroxyl groups is 1. The molecule has 0 amide bonds. The average Bonchev–Trinajstić information content (AvgIpc) is 2.84. The first kappa shape index (κ1) is 16.3. The number of aliphatic hydroxyl groups excluding tert-OH is 1. The van der Waals surface area contributed by atoms with E-state index in [4.69, 9.17) is 4.74 Å². The van der Waals surface area contributed by atoms with E-state index in [9.17, 15) is 15.0 Å². The van der Waals surface area contributed by atoms with Gasteiger partial charge in [-0.25, -0.2) is 4.79 Å². The van der Waals surface area contributed by atoms with Crippen LogP contribution >= 0.6 is 0 Å². The number of β-amino-alcohol motifs (C(OH)–C–C–N with tert-alkyl or cyclic N) is 1. The van der Waals surface area contributed by atoms with Gasteiger partial charge in [0.2, 0.25) is 0 Å². The van der Waals surface area contributed by atoms with Crippen molar-refractivity contribution in [2.24, 2.45) is 0 Å². The molecule has 2 rings (SSSR count).